The molecule has 0 spiro atoms. The predicted octanol–water partition coefficient (Wildman–Crippen LogP) is 0.869. The van der Waals surface area contributed by atoms with Crippen molar-refractivity contribution in [2.75, 3.05) is 85.7 Å². The molecular formula is C22H46N4O6. The van der Waals surface area contributed by atoms with Gasteiger partial charge in [0.15, 0.2) is 0 Å². The molecule has 1 fully saturated rings. The van der Waals surface area contributed by atoms with E-state index in [0.29, 0.717) is 78.5 Å². The lowest BCUT2D eigenvalue weighted by molar-refractivity contribution is -0.122. The number of hydrazine groups is 2. The van der Waals surface area contributed by atoms with Gasteiger partial charge in [-0.1, -0.05) is 26.7 Å². The average Bonchev–Trinajstić information content (AvgIpc) is 3.25. The van der Waals surface area contributed by atoms with Crippen LogP contribution in [0.4, 0.5) is 0 Å². The summed E-state index contributed by atoms with van der Waals surface area (Å²) in [4.78, 5) is 11.7. The summed E-state index contributed by atoms with van der Waals surface area (Å²) in [6.07, 6.45) is 5.04. The number of nitrogens with one attached hydrogen (secondary N) is 3. The van der Waals surface area contributed by atoms with Crippen LogP contribution < -0.4 is 16.3 Å². The van der Waals surface area contributed by atoms with Gasteiger partial charge in [-0.3, -0.25) is 4.79 Å². The van der Waals surface area contributed by atoms with Crippen molar-refractivity contribution < 1.29 is 28.5 Å². The minimum atomic E-state index is -0.0344. The maximum absolute atomic E-state index is 11.7. The zero-order valence-electron chi connectivity index (χ0n) is 20.2. The lowest BCUT2D eigenvalue weighted by atomic mass is 10.1. The number of carbonyl (C=O) groups excluding carboxylic acids is 1. The Morgan fingerprint density at radius 1 is 0.844 bits per heavy atom. The summed E-state index contributed by atoms with van der Waals surface area (Å²) >= 11 is 0. The largest absolute Gasteiger partial charge is 0.379 e. The van der Waals surface area contributed by atoms with Crippen molar-refractivity contribution in [3.63, 3.8) is 0 Å². The van der Waals surface area contributed by atoms with Crippen molar-refractivity contribution >= 4 is 5.91 Å². The molecule has 1 rings (SSSR count). The van der Waals surface area contributed by atoms with Gasteiger partial charge in [-0.2, -0.15) is 5.53 Å². The van der Waals surface area contributed by atoms with Gasteiger partial charge < -0.3 is 29.0 Å². The fourth-order valence-corrected chi connectivity index (χ4v) is 3.00. The summed E-state index contributed by atoms with van der Waals surface area (Å²) in [6.45, 7) is 12.2. The standard InChI is InChI=1S/C22H46N4O6/c1-3-5-6-21-20-26(25-24-21)9-13-31-17-19-32-18-16-30-12-8-23-22(27)7-11-29-15-14-28-10-4-2/h21,24-25H,3-20H2,1-2H3,(H,23,27). The summed E-state index contributed by atoms with van der Waals surface area (Å²) in [6, 6.07) is 0.529. The van der Waals surface area contributed by atoms with E-state index in [4.69, 9.17) is 23.7 Å². The molecule has 0 aliphatic carbocycles. The van der Waals surface area contributed by atoms with Gasteiger partial charge in [-0.25, -0.2) is 10.4 Å². The zero-order chi connectivity index (χ0) is 23.1. The van der Waals surface area contributed by atoms with Crippen molar-refractivity contribution in [1.82, 2.24) is 21.3 Å². The molecule has 1 aliphatic rings. The first-order valence-electron chi connectivity index (χ1n) is 12.2. The van der Waals surface area contributed by atoms with Gasteiger partial charge >= 0.3 is 0 Å². The van der Waals surface area contributed by atoms with Crippen LogP contribution in [0.3, 0.4) is 0 Å². The fraction of sp³-hybridized carbons (Fsp3) is 0.955. The van der Waals surface area contributed by atoms with Crippen molar-refractivity contribution in [2.45, 2.75) is 52.0 Å². The number of nitrogens with zero attached hydrogens (tertiary/aromatic N) is 1. The Morgan fingerprint density at radius 2 is 1.47 bits per heavy atom. The van der Waals surface area contributed by atoms with Crippen LogP contribution in [0.25, 0.3) is 0 Å². The van der Waals surface area contributed by atoms with Gasteiger partial charge in [-0.05, 0) is 12.8 Å². The van der Waals surface area contributed by atoms with Crippen LogP contribution in [0.5, 0.6) is 0 Å². The van der Waals surface area contributed by atoms with Crippen molar-refractivity contribution in [2.24, 2.45) is 0 Å². The summed E-state index contributed by atoms with van der Waals surface area (Å²) in [7, 11) is 0. The molecule has 10 heteroatoms. The van der Waals surface area contributed by atoms with E-state index in [-0.39, 0.29) is 5.91 Å². The number of unbranched alkanes of at least 4 members (excludes halogenated alkanes) is 1. The fourth-order valence-electron chi connectivity index (χ4n) is 3.00. The number of hydrogen-bond donors (Lipinski definition) is 3. The smallest absolute Gasteiger partial charge is 0.222 e. The van der Waals surface area contributed by atoms with E-state index in [1.807, 2.05) is 0 Å². The molecule has 1 heterocycles. The predicted molar refractivity (Wildman–Crippen MR) is 123 cm³/mol. The molecule has 0 aromatic rings. The number of rotatable bonds is 23. The molecule has 1 aliphatic heterocycles. The Kier molecular flexibility index (Phi) is 20.0. The van der Waals surface area contributed by atoms with Crippen molar-refractivity contribution in [3.8, 4) is 0 Å². The minimum Gasteiger partial charge on any atom is -0.379 e. The van der Waals surface area contributed by atoms with E-state index in [2.05, 4.69) is 35.1 Å². The van der Waals surface area contributed by atoms with Crippen LogP contribution in [0.15, 0.2) is 0 Å². The highest BCUT2D eigenvalue weighted by Gasteiger charge is 2.20. The van der Waals surface area contributed by atoms with E-state index >= 15 is 0 Å². The molecule has 1 saturated heterocycles. The van der Waals surface area contributed by atoms with E-state index in [0.717, 1.165) is 26.1 Å². The first kappa shape index (κ1) is 29.2. The maximum atomic E-state index is 11.7. The second kappa shape index (κ2) is 22.0. The molecule has 190 valence electrons. The van der Waals surface area contributed by atoms with Crippen molar-refractivity contribution in [1.29, 1.82) is 0 Å². The Labute approximate surface area is 193 Å². The molecule has 3 N–H and O–H groups in total. The van der Waals surface area contributed by atoms with Crippen LogP contribution in [0.1, 0.15) is 46.0 Å². The highest BCUT2D eigenvalue weighted by molar-refractivity contribution is 5.75. The monoisotopic (exact) mass is 462 g/mol. The highest BCUT2D eigenvalue weighted by atomic mass is 16.5. The van der Waals surface area contributed by atoms with Gasteiger partial charge in [0.05, 0.1) is 59.5 Å². The molecule has 1 amide bonds. The molecular weight excluding hydrogens is 416 g/mol. The molecule has 0 radical (unpaired) electrons. The zero-order valence-corrected chi connectivity index (χ0v) is 20.2. The normalized spacial score (nSPS) is 16.6. The van der Waals surface area contributed by atoms with Crippen LogP contribution in [0.2, 0.25) is 0 Å². The molecule has 0 bridgehead atoms. The van der Waals surface area contributed by atoms with Crippen LogP contribution in [0, 0.1) is 0 Å². The van der Waals surface area contributed by atoms with Crippen LogP contribution >= 0.6 is 0 Å². The maximum Gasteiger partial charge on any atom is 0.222 e. The van der Waals surface area contributed by atoms with Gasteiger partial charge in [-0.15, -0.1) is 0 Å². The number of ether oxygens (including phenoxy) is 5. The molecule has 1 atom stereocenters. The first-order valence-corrected chi connectivity index (χ1v) is 12.2. The van der Waals surface area contributed by atoms with Gasteiger partial charge in [0.2, 0.25) is 5.91 Å². The summed E-state index contributed by atoms with van der Waals surface area (Å²) in [5, 5.41) is 4.96. The van der Waals surface area contributed by atoms with E-state index < -0.39 is 0 Å². The summed E-state index contributed by atoms with van der Waals surface area (Å²) in [5.41, 5.74) is 6.50. The van der Waals surface area contributed by atoms with Crippen LogP contribution in [-0.4, -0.2) is 103 Å². The molecule has 0 aromatic heterocycles. The molecule has 1 unspecified atom stereocenters. The lowest BCUT2D eigenvalue weighted by Crippen LogP contribution is -2.38. The third kappa shape index (κ3) is 17.7. The average molecular weight is 463 g/mol. The highest BCUT2D eigenvalue weighted by Crippen LogP contribution is 2.05. The van der Waals surface area contributed by atoms with E-state index in [9.17, 15) is 4.79 Å². The van der Waals surface area contributed by atoms with E-state index in [1.165, 1.54) is 19.3 Å². The van der Waals surface area contributed by atoms with Gasteiger partial charge in [0.25, 0.3) is 0 Å². The quantitative estimate of drug-likeness (QED) is 0.191. The second-order valence-electron chi connectivity index (χ2n) is 7.70. The summed E-state index contributed by atoms with van der Waals surface area (Å²) in [5.74, 6) is -0.0344. The molecule has 10 nitrogen and oxygen atoms in total. The van der Waals surface area contributed by atoms with Gasteiger partial charge in [0.1, 0.15) is 0 Å². The minimum absolute atomic E-state index is 0.0344. The number of carbonyl (C=O) groups is 1. The topological polar surface area (TPSA) is 103 Å². The number of amides is 1. The first-order chi connectivity index (χ1) is 15.8. The van der Waals surface area contributed by atoms with Gasteiger partial charge in [0, 0.05) is 38.7 Å². The van der Waals surface area contributed by atoms with Crippen LogP contribution in [-0.2, 0) is 28.5 Å². The number of hydrogen-bond acceptors (Lipinski definition) is 9. The lowest BCUT2D eigenvalue weighted by Gasteiger charge is -2.14. The Morgan fingerprint density at radius 3 is 2.16 bits per heavy atom. The Hall–Kier alpha value is -0.850. The third-order valence-corrected chi connectivity index (χ3v) is 4.79. The molecule has 0 aromatic carbocycles. The summed E-state index contributed by atoms with van der Waals surface area (Å²) < 4.78 is 27.2. The van der Waals surface area contributed by atoms with Crippen molar-refractivity contribution in [3.05, 3.63) is 0 Å². The third-order valence-electron chi connectivity index (χ3n) is 4.79. The SMILES string of the molecule is CCCCC1CN(CCOCCOCCOCCNC(=O)CCOCCOCCC)NN1. The van der Waals surface area contributed by atoms with E-state index in [1.54, 1.807) is 0 Å². The second-order valence-corrected chi connectivity index (χ2v) is 7.70. The Balaban J connectivity index is 1.74. The molecule has 0 saturated carbocycles. The molecule has 32 heavy (non-hydrogen) atoms. The Bertz CT molecular complexity index is 433.